The van der Waals surface area contributed by atoms with E-state index in [0.29, 0.717) is 10.6 Å². The summed E-state index contributed by atoms with van der Waals surface area (Å²) in [4.78, 5) is 14.2. The van der Waals surface area contributed by atoms with E-state index in [1.54, 1.807) is 6.07 Å². The summed E-state index contributed by atoms with van der Waals surface area (Å²) in [5.41, 5.74) is 1.67. The van der Waals surface area contributed by atoms with Crippen LogP contribution >= 0.6 is 11.6 Å². The fourth-order valence-electron chi connectivity index (χ4n) is 2.03. The molecule has 1 unspecified atom stereocenters. The molecule has 17 heavy (non-hydrogen) atoms. The first kappa shape index (κ1) is 12.4. The molecule has 4 heteroatoms. The molecule has 2 rings (SSSR count). The van der Waals surface area contributed by atoms with Gasteiger partial charge < -0.3 is 10.2 Å². The van der Waals surface area contributed by atoms with Gasteiger partial charge in [0.05, 0.1) is 0 Å². The number of carbonyl (C=O) groups excluding carboxylic acids is 1. The molecule has 0 radical (unpaired) electrons. The first-order chi connectivity index (χ1) is 8.09. The van der Waals surface area contributed by atoms with Crippen LogP contribution in [-0.2, 0) is 0 Å². The summed E-state index contributed by atoms with van der Waals surface area (Å²) in [6.07, 6.45) is 0. The van der Waals surface area contributed by atoms with Crippen molar-refractivity contribution in [3.8, 4) is 0 Å². The SMILES string of the molecule is Cc1ccc(C(=O)N2CCNCC2C)cc1Cl. The number of nitrogens with zero attached hydrogens (tertiary/aromatic N) is 1. The van der Waals surface area contributed by atoms with Crippen LogP contribution in [0.25, 0.3) is 0 Å². The first-order valence-corrected chi connectivity index (χ1v) is 6.25. The molecule has 1 atom stereocenters. The van der Waals surface area contributed by atoms with Gasteiger partial charge in [-0.2, -0.15) is 0 Å². The average Bonchev–Trinajstić information content (AvgIpc) is 2.32. The van der Waals surface area contributed by atoms with Gasteiger partial charge in [0.25, 0.3) is 5.91 Å². The van der Waals surface area contributed by atoms with Crippen molar-refractivity contribution in [2.75, 3.05) is 19.6 Å². The maximum absolute atomic E-state index is 12.3. The van der Waals surface area contributed by atoms with Crippen LogP contribution in [0.2, 0.25) is 5.02 Å². The normalized spacial score (nSPS) is 20.4. The minimum absolute atomic E-state index is 0.0703. The smallest absolute Gasteiger partial charge is 0.254 e. The fraction of sp³-hybridized carbons (Fsp3) is 0.462. The number of nitrogens with one attached hydrogen (secondary N) is 1. The Kier molecular flexibility index (Phi) is 3.69. The minimum atomic E-state index is 0.0703. The van der Waals surface area contributed by atoms with Crippen LogP contribution in [0.4, 0.5) is 0 Å². The molecule has 0 spiro atoms. The molecule has 0 aromatic heterocycles. The van der Waals surface area contributed by atoms with E-state index < -0.39 is 0 Å². The van der Waals surface area contributed by atoms with Crippen LogP contribution in [0.1, 0.15) is 22.8 Å². The van der Waals surface area contributed by atoms with Crippen molar-refractivity contribution in [1.29, 1.82) is 0 Å². The third-order valence-electron chi connectivity index (χ3n) is 3.18. The maximum atomic E-state index is 12.3. The van der Waals surface area contributed by atoms with E-state index in [1.165, 1.54) is 0 Å². The molecule has 0 aliphatic carbocycles. The van der Waals surface area contributed by atoms with Gasteiger partial charge in [-0.15, -0.1) is 0 Å². The van der Waals surface area contributed by atoms with E-state index >= 15 is 0 Å². The molecule has 0 saturated carbocycles. The second kappa shape index (κ2) is 5.07. The first-order valence-electron chi connectivity index (χ1n) is 5.87. The Balaban J connectivity index is 2.21. The summed E-state index contributed by atoms with van der Waals surface area (Å²) in [6, 6.07) is 5.73. The third kappa shape index (κ3) is 2.61. The van der Waals surface area contributed by atoms with Gasteiger partial charge in [0.1, 0.15) is 0 Å². The van der Waals surface area contributed by atoms with Crippen LogP contribution in [-0.4, -0.2) is 36.5 Å². The van der Waals surface area contributed by atoms with Gasteiger partial charge >= 0.3 is 0 Å². The zero-order chi connectivity index (χ0) is 12.4. The monoisotopic (exact) mass is 252 g/mol. The number of hydrogen-bond acceptors (Lipinski definition) is 2. The lowest BCUT2D eigenvalue weighted by molar-refractivity contribution is 0.0656. The highest BCUT2D eigenvalue weighted by Crippen LogP contribution is 2.19. The molecule has 0 bridgehead atoms. The Bertz CT molecular complexity index is 433. The maximum Gasteiger partial charge on any atom is 0.254 e. The second-order valence-electron chi connectivity index (χ2n) is 4.52. The van der Waals surface area contributed by atoms with Crippen molar-refractivity contribution in [1.82, 2.24) is 10.2 Å². The highest BCUT2D eigenvalue weighted by molar-refractivity contribution is 6.31. The molecular formula is C13H17ClN2O. The number of hydrogen-bond donors (Lipinski definition) is 1. The standard InChI is InChI=1S/C13H17ClN2O/c1-9-3-4-11(7-12(9)14)13(17)16-6-5-15-8-10(16)2/h3-4,7,10,15H,5-6,8H2,1-2H3. The molecule has 3 nitrogen and oxygen atoms in total. The number of carbonyl (C=O) groups is 1. The lowest BCUT2D eigenvalue weighted by Crippen LogP contribution is -2.52. The van der Waals surface area contributed by atoms with Crippen molar-refractivity contribution in [2.45, 2.75) is 19.9 Å². The summed E-state index contributed by atoms with van der Waals surface area (Å²) >= 11 is 6.05. The van der Waals surface area contributed by atoms with Crippen molar-refractivity contribution in [3.05, 3.63) is 34.3 Å². The molecule has 1 heterocycles. The topological polar surface area (TPSA) is 32.3 Å². The molecular weight excluding hydrogens is 236 g/mol. The molecule has 1 N–H and O–H groups in total. The van der Waals surface area contributed by atoms with E-state index in [1.807, 2.05) is 24.0 Å². The van der Waals surface area contributed by atoms with Gasteiger partial charge in [0.2, 0.25) is 0 Å². The Morgan fingerprint density at radius 3 is 2.94 bits per heavy atom. The molecule has 1 aromatic rings. The number of rotatable bonds is 1. The summed E-state index contributed by atoms with van der Waals surface area (Å²) in [5, 5.41) is 3.92. The Labute approximate surface area is 107 Å². The van der Waals surface area contributed by atoms with Crippen molar-refractivity contribution < 1.29 is 4.79 Å². The second-order valence-corrected chi connectivity index (χ2v) is 4.92. The molecule has 92 valence electrons. The zero-order valence-electron chi connectivity index (χ0n) is 10.2. The van der Waals surface area contributed by atoms with E-state index in [4.69, 9.17) is 11.6 Å². The average molecular weight is 253 g/mol. The molecule has 1 aliphatic rings. The molecule has 1 aliphatic heterocycles. The van der Waals surface area contributed by atoms with Crippen LogP contribution in [0.3, 0.4) is 0 Å². The van der Waals surface area contributed by atoms with Crippen LogP contribution < -0.4 is 5.32 Å². The van der Waals surface area contributed by atoms with E-state index in [0.717, 1.165) is 25.2 Å². The van der Waals surface area contributed by atoms with Crippen molar-refractivity contribution in [2.24, 2.45) is 0 Å². The number of piperazine rings is 1. The number of amides is 1. The largest absolute Gasteiger partial charge is 0.333 e. The van der Waals surface area contributed by atoms with E-state index in [9.17, 15) is 4.79 Å². The van der Waals surface area contributed by atoms with Gasteiger partial charge in [-0.1, -0.05) is 17.7 Å². The Hall–Kier alpha value is -1.06. The summed E-state index contributed by atoms with van der Waals surface area (Å²) < 4.78 is 0. The summed E-state index contributed by atoms with van der Waals surface area (Å²) in [6.45, 7) is 6.45. The van der Waals surface area contributed by atoms with E-state index in [-0.39, 0.29) is 11.9 Å². The van der Waals surface area contributed by atoms with Crippen LogP contribution in [0, 0.1) is 6.92 Å². The minimum Gasteiger partial charge on any atom is -0.333 e. The van der Waals surface area contributed by atoms with Crippen LogP contribution in [0.5, 0.6) is 0 Å². The molecule has 1 amide bonds. The fourth-order valence-corrected chi connectivity index (χ4v) is 2.22. The van der Waals surface area contributed by atoms with Gasteiger partial charge in [-0.05, 0) is 31.5 Å². The predicted molar refractivity (Wildman–Crippen MR) is 69.6 cm³/mol. The molecule has 1 saturated heterocycles. The number of halogens is 1. The van der Waals surface area contributed by atoms with Gasteiger partial charge in [-0.25, -0.2) is 0 Å². The van der Waals surface area contributed by atoms with Crippen molar-refractivity contribution >= 4 is 17.5 Å². The van der Waals surface area contributed by atoms with Crippen LogP contribution in [0.15, 0.2) is 18.2 Å². The summed E-state index contributed by atoms with van der Waals surface area (Å²) in [7, 11) is 0. The zero-order valence-corrected chi connectivity index (χ0v) is 10.9. The third-order valence-corrected chi connectivity index (χ3v) is 3.59. The lowest BCUT2D eigenvalue weighted by Gasteiger charge is -2.34. The van der Waals surface area contributed by atoms with Gasteiger partial charge in [0, 0.05) is 36.3 Å². The van der Waals surface area contributed by atoms with E-state index in [2.05, 4.69) is 12.2 Å². The Morgan fingerprint density at radius 2 is 2.29 bits per heavy atom. The summed E-state index contributed by atoms with van der Waals surface area (Å²) in [5.74, 6) is 0.0703. The lowest BCUT2D eigenvalue weighted by atomic mass is 10.1. The predicted octanol–water partition coefficient (Wildman–Crippen LogP) is 2.08. The van der Waals surface area contributed by atoms with Gasteiger partial charge in [0.15, 0.2) is 0 Å². The number of benzene rings is 1. The number of aryl methyl sites for hydroxylation is 1. The highest BCUT2D eigenvalue weighted by atomic mass is 35.5. The Morgan fingerprint density at radius 1 is 1.53 bits per heavy atom. The molecule has 1 aromatic carbocycles. The highest BCUT2D eigenvalue weighted by Gasteiger charge is 2.24. The van der Waals surface area contributed by atoms with Gasteiger partial charge in [-0.3, -0.25) is 4.79 Å². The quantitative estimate of drug-likeness (QED) is 0.830. The molecule has 1 fully saturated rings. The van der Waals surface area contributed by atoms with Crippen molar-refractivity contribution in [3.63, 3.8) is 0 Å².